The Morgan fingerprint density at radius 1 is 1.21 bits per heavy atom. The summed E-state index contributed by atoms with van der Waals surface area (Å²) in [6, 6.07) is 15.7. The molecule has 0 saturated heterocycles. The molecule has 0 unspecified atom stereocenters. The second-order valence-corrected chi connectivity index (χ2v) is 5.52. The minimum absolute atomic E-state index is 0.0579. The van der Waals surface area contributed by atoms with Gasteiger partial charge in [0.15, 0.2) is 6.61 Å². The Kier molecular flexibility index (Phi) is 3.63. The maximum atomic E-state index is 11.3. The standard InChI is InChI=1S/C18H16N4O2/c23-18-12-24-17-10-14(5-6-16(17)21-18)19-11-13-3-1-4-15(9-13)22-8-2-7-20-22/h1-10,19H,11-12H2,(H,21,23). The van der Waals surface area contributed by atoms with E-state index in [-0.39, 0.29) is 12.5 Å². The molecular formula is C18H16N4O2. The van der Waals surface area contributed by atoms with Crippen LogP contribution in [0.15, 0.2) is 60.9 Å². The van der Waals surface area contributed by atoms with Crippen molar-refractivity contribution in [1.29, 1.82) is 0 Å². The molecule has 0 spiro atoms. The van der Waals surface area contributed by atoms with Crippen molar-refractivity contribution in [3.05, 3.63) is 66.5 Å². The molecule has 120 valence electrons. The molecule has 1 aromatic heterocycles. The van der Waals surface area contributed by atoms with Crippen LogP contribution in [0.3, 0.4) is 0 Å². The number of ether oxygens (including phenoxy) is 1. The molecule has 6 heteroatoms. The van der Waals surface area contributed by atoms with Gasteiger partial charge in [-0.05, 0) is 35.9 Å². The summed E-state index contributed by atoms with van der Waals surface area (Å²) in [7, 11) is 0. The first-order valence-electron chi connectivity index (χ1n) is 7.67. The van der Waals surface area contributed by atoms with Crippen LogP contribution >= 0.6 is 0 Å². The molecule has 2 N–H and O–H groups in total. The normalized spacial score (nSPS) is 12.9. The van der Waals surface area contributed by atoms with Gasteiger partial charge < -0.3 is 15.4 Å². The Labute approximate surface area is 139 Å². The van der Waals surface area contributed by atoms with Crippen LogP contribution in [0.5, 0.6) is 5.75 Å². The van der Waals surface area contributed by atoms with E-state index in [0.29, 0.717) is 18.0 Å². The van der Waals surface area contributed by atoms with Gasteiger partial charge in [0, 0.05) is 30.7 Å². The van der Waals surface area contributed by atoms with Gasteiger partial charge in [-0.25, -0.2) is 4.68 Å². The fourth-order valence-electron chi connectivity index (χ4n) is 2.62. The quantitative estimate of drug-likeness (QED) is 0.775. The van der Waals surface area contributed by atoms with Gasteiger partial charge in [0.25, 0.3) is 5.91 Å². The summed E-state index contributed by atoms with van der Waals surface area (Å²) in [5.74, 6) is 0.559. The molecule has 3 aromatic rings. The molecule has 1 amide bonds. The van der Waals surface area contributed by atoms with E-state index in [0.717, 1.165) is 16.9 Å². The summed E-state index contributed by atoms with van der Waals surface area (Å²) in [6.07, 6.45) is 3.68. The highest BCUT2D eigenvalue weighted by Gasteiger charge is 2.15. The number of hydrogen-bond donors (Lipinski definition) is 2. The molecule has 0 bridgehead atoms. The summed E-state index contributed by atoms with van der Waals surface area (Å²) < 4.78 is 7.27. The Morgan fingerprint density at radius 3 is 3.04 bits per heavy atom. The second kappa shape index (κ2) is 6.08. The predicted octanol–water partition coefficient (Wildman–Crippen LogP) is 2.82. The molecule has 0 saturated carbocycles. The van der Waals surface area contributed by atoms with Crippen LogP contribution in [0, 0.1) is 0 Å². The Balaban J connectivity index is 1.47. The molecule has 24 heavy (non-hydrogen) atoms. The first-order valence-corrected chi connectivity index (χ1v) is 7.67. The average molecular weight is 320 g/mol. The van der Waals surface area contributed by atoms with Crippen LogP contribution < -0.4 is 15.4 Å². The lowest BCUT2D eigenvalue weighted by Crippen LogP contribution is -2.25. The SMILES string of the molecule is O=C1COc2cc(NCc3cccc(-n4cccn4)c3)ccc2N1. The third kappa shape index (κ3) is 2.94. The van der Waals surface area contributed by atoms with Crippen molar-refractivity contribution in [3.8, 4) is 11.4 Å². The van der Waals surface area contributed by atoms with Crippen molar-refractivity contribution in [2.24, 2.45) is 0 Å². The predicted molar refractivity (Wildman–Crippen MR) is 91.5 cm³/mol. The molecule has 4 rings (SSSR count). The van der Waals surface area contributed by atoms with E-state index < -0.39 is 0 Å². The van der Waals surface area contributed by atoms with Crippen LogP contribution in [-0.2, 0) is 11.3 Å². The monoisotopic (exact) mass is 320 g/mol. The van der Waals surface area contributed by atoms with E-state index in [1.807, 2.05) is 47.3 Å². The van der Waals surface area contributed by atoms with Gasteiger partial charge in [-0.15, -0.1) is 0 Å². The zero-order valence-electron chi connectivity index (χ0n) is 12.9. The number of rotatable bonds is 4. The number of anilines is 2. The highest BCUT2D eigenvalue weighted by atomic mass is 16.5. The summed E-state index contributed by atoms with van der Waals surface area (Å²) in [4.78, 5) is 11.3. The zero-order valence-corrected chi connectivity index (χ0v) is 12.9. The van der Waals surface area contributed by atoms with Crippen molar-refractivity contribution < 1.29 is 9.53 Å². The summed E-state index contributed by atoms with van der Waals surface area (Å²) in [5, 5.41) is 10.4. The number of benzene rings is 2. The summed E-state index contributed by atoms with van der Waals surface area (Å²) >= 11 is 0. The fraction of sp³-hybridized carbons (Fsp3) is 0.111. The van der Waals surface area contributed by atoms with E-state index in [4.69, 9.17) is 4.74 Å². The van der Waals surface area contributed by atoms with Gasteiger partial charge in [0.2, 0.25) is 0 Å². The van der Waals surface area contributed by atoms with Gasteiger partial charge in [-0.1, -0.05) is 12.1 Å². The van der Waals surface area contributed by atoms with Gasteiger partial charge in [0.05, 0.1) is 11.4 Å². The van der Waals surface area contributed by atoms with Gasteiger partial charge in [-0.3, -0.25) is 4.79 Å². The number of nitrogens with one attached hydrogen (secondary N) is 2. The van der Waals surface area contributed by atoms with Crippen molar-refractivity contribution >= 4 is 17.3 Å². The van der Waals surface area contributed by atoms with Crippen LogP contribution in [0.4, 0.5) is 11.4 Å². The molecule has 0 aliphatic carbocycles. The maximum Gasteiger partial charge on any atom is 0.262 e. The number of amides is 1. The van der Waals surface area contributed by atoms with E-state index >= 15 is 0 Å². The van der Waals surface area contributed by atoms with E-state index in [1.54, 1.807) is 6.20 Å². The molecular weight excluding hydrogens is 304 g/mol. The van der Waals surface area contributed by atoms with Crippen LogP contribution in [-0.4, -0.2) is 22.3 Å². The molecule has 0 radical (unpaired) electrons. The molecule has 2 aromatic carbocycles. The van der Waals surface area contributed by atoms with Crippen LogP contribution in [0.25, 0.3) is 5.69 Å². The minimum atomic E-state index is -0.126. The van der Waals surface area contributed by atoms with Crippen molar-refractivity contribution in [2.75, 3.05) is 17.2 Å². The first-order chi connectivity index (χ1) is 11.8. The Hall–Kier alpha value is -3.28. The van der Waals surface area contributed by atoms with E-state index in [9.17, 15) is 4.79 Å². The molecule has 0 atom stereocenters. The average Bonchev–Trinajstić information content (AvgIpc) is 3.15. The third-order valence-electron chi connectivity index (χ3n) is 3.79. The minimum Gasteiger partial charge on any atom is -0.482 e. The summed E-state index contributed by atoms with van der Waals surface area (Å²) in [5.41, 5.74) is 3.82. The lowest BCUT2D eigenvalue weighted by Gasteiger charge is -2.19. The number of hydrogen-bond acceptors (Lipinski definition) is 4. The molecule has 1 aliphatic rings. The van der Waals surface area contributed by atoms with Crippen molar-refractivity contribution in [2.45, 2.75) is 6.54 Å². The van der Waals surface area contributed by atoms with Crippen molar-refractivity contribution in [3.63, 3.8) is 0 Å². The van der Waals surface area contributed by atoms with E-state index in [1.165, 1.54) is 0 Å². The van der Waals surface area contributed by atoms with Gasteiger partial charge in [0.1, 0.15) is 5.75 Å². The third-order valence-corrected chi connectivity index (χ3v) is 3.79. The molecule has 1 aliphatic heterocycles. The lowest BCUT2D eigenvalue weighted by molar-refractivity contribution is -0.118. The lowest BCUT2D eigenvalue weighted by atomic mass is 10.2. The topological polar surface area (TPSA) is 68.2 Å². The van der Waals surface area contributed by atoms with Crippen LogP contribution in [0.2, 0.25) is 0 Å². The number of carbonyl (C=O) groups excluding carboxylic acids is 1. The number of aromatic nitrogens is 2. The molecule has 2 heterocycles. The smallest absolute Gasteiger partial charge is 0.262 e. The Bertz CT molecular complexity index is 874. The van der Waals surface area contributed by atoms with E-state index in [2.05, 4.69) is 27.9 Å². The van der Waals surface area contributed by atoms with Gasteiger partial charge >= 0.3 is 0 Å². The molecule has 0 fully saturated rings. The summed E-state index contributed by atoms with van der Waals surface area (Å²) in [6.45, 7) is 0.739. The van der Waals surface area contributed by atoms with Crippen LogP contribution in [0.1, 0.15) is 5.56 Å². The van der Waals surface area contributed by atoms with Gasteiger partial charge in [-0.2, -0.15) is 5.10 Å². The first kappa shape index (κ1) is 14.3. The number of nitrogens with zero attached hydrogens (tertiary/aromatic N) is 2. The highest BCUT2D eigenvalue weighted by molar-refractivity contribution is 5.95. The highest BCUT2D eigenvalue weighted by Crippen LogP contribution is 2.30. The number of carbonyl (C=O) groups is 1. The second-order valence-electron chi connectivity index (χ2n) is 5.52. The molecule has 6 nitrogen and oxygen atoms in total. The largest absolute Gasteiger partial charge is 0.482 e. The zero-order chi connectivity index (χ0) is 16.4. The maximum absolute atomic E-state index is 11.3. The fourth-order valence-corrected chi connectivity index (χ4v) is 2.62. The van der Waals surface area contributed by atoms with Crippen molar-refractivity contribution in [1.82, 2.24) is 9.78 Å². The number of fused-ring (bicyclic) bond motifs is 1. The Morgan fingerprint density at radius 2 is 2.17 bits per heavy atom.